The first-order chi connectivity index (χ1) is 15.3. The molecule has 0 aliphatic heterocycles. The Labute approximate surface area is 199 Å². The summed E-state index contributed by atoms with van der Waals surface area (Å²) in [5.41, 5.74) is 3.47. The maximum absolute atomic E-state index is 10.4. The van der Waals surface area contributed by atoms with Crippen molar-refractivity contribution in [2.24, 2.45) is 0 Å². The Balaban J connectivity index is 0.000000222. The first-order valence-corrected chi connectivity index (χ1v) is 13.4. The molecule has 0 unspecified atom stereocenters. The molecular weight excluding hydrogens is 535 g/mol. The fraction of sp³-hybridized carbons (Fsp3) is 0.0769. The maximum atomic E-state index is 10.4. The number of benzene rings is 4. The summed E-state index contributed by atoms with van der Waals surface area (Å²) in [6, 6.07) is 33.6. The standard InChI is InChI=1S/C19H16IO.C7H8O3S/c1-21-19-13-11-18(12-14-19)20-17-9-7-16(8-10-17)15-5-3-2-4-6-15;1-6-2-4-7(5-3-6)11(8,9)10/h2-14H,1H3;2-5H,1H3,(H,8,9,10)/q+1;/p-1. The average molecular weight is 558 g/mol. The third-order valence-corrected chi connectivity index (χ3v) is 8.06. The SMILES string of the molecule is COc1ccc([I+]c2ccc(-c3ccccc3)cc2)cc1.Cc1ccc(S(=O)(=O)[O-])cc1. The van der Waals surface area contributed by atoms with Gasteiger partial charge in [0.2, 0.25) is 0 Å². The van der Waals surface area contributed by atoms with Gasteiger partial charge in [-0.05, 0) is 78.7 Å². The molecule has 6 heteroatoms. The predicted octanol–water partition coefficient (Wildman–Crippen LogP) is 2.39. The summed E-state index contributed by atoms with van der Waals surface area (Å²) in [7, 11) is -2.57. The van der Waals surface area contributed by atoms with Gasteiger partial charge in [-0.1, -0.05) is 48.0 Å². The van der Waals surface area contributed by atoms with E-state index in [4.69, 9.17) is 4.74 Å². The van der Waals surface area contributed by atoms with E-state index in [0.717, 1.165) is 11.3 Å². The molecule has 0 fully saturated rings. The van der Waals surface area contributed by atoms with Crippen LogP contribution in [0.5, 0.6) is 5.75 Å². The molecule has 0 bridgehead atoms. The van der Waals surface area contributed by atoms with Crippen molar-refractivity contribution < 1.29 is 38.9 Å². The molecule has 4 aromatic carbocycles. The molecular formula is C26H23IO4S. The summed E-state index contributed by atoms with van der Waals surface area (Å²) >= 11 is -0.128. The summed E-state index contributed by atoms with van der Waals surface area (Å²) in [5, 5.41) is 0. The molecule has 0 N–H and O–H groups in total. The molecule has 0 aliphatic rings. The van der Waals surface area contributed by atoms with Crippen molar-refractivity contribution in [3.8, 4) is 16.9 Å². The first kappa shape index (κ1) is 24.0. The molecule has 0 aliphatic carbocycles. The summed E-state index contributed by atoms with van der Waals surface area (Å²) in [4.78, 5) is -0.178. The van der Waals surface area contributed by atoms with Gasteiger partial charge < -0.3 is 9.29 Å². The number of methoxy groups -OCH3 is 1. The number of hydrogen-bond acceptors (Lipinski definition) is 4. The highest BCUT2D eigenvalue weighted by Gasteiger charge is 2.15. The number of halogens is 1. The van der Waals surface area contributed by atoms with Crippen molar-refractivity contribution in [1.29, 1.82) is 0 Å². The molecule has 0 atom stereocenters. The maximum Gasteiger partial charge on any atom is 0.357 e. The minimum absolute atomic E-state index is 0.128. The third-order valence-electron chi connectivity index (χ3n) is 4.53. The van der Waals surface area contributed by atoms with Crippen molar-refractivity contribution in [3.05, 3.63) is 116 Å². The summed E-state index contributed by atoms with van der Waals surface area (Å²) in [6.07, 6.45) is 0. The van der Waals surface area contributed by atoms with Crippen LogP contribution < -0.4 is 25.9 Å². The lowest BCUT2D eigenvalue weighted by molar-refractivity contribution is -0.597. The van der Waals surface area contributed by atoms with Crippen LogP contribution in [0.3, 0.4) is 0 Å². The van der Waals surface area contributed by atoms with E-state index in [2.05, 4.69) is 60.7 Å². The van der Waals surface area contributed by atoms with Crippen LogP contribution in [-0.2, 0) is 10.1 Å². The van der Waals surface area contributed by atoms with E-state index in [9.17, 15) is 13.0 Å². The lowest BCUT2D eigenvalue weighted by atomic mass is 10.1. The van der Waals surface area contributed by atoms with Gasteiger partial charge in [-0.25, -0.2) is 8.42 Å². The van der Waals surface area contributed by atoms with Crippen molar-refractivity contribution >= 4 is 10.1 Å². The highest BCUT2D eigenvalue weighted by Crippen LogP contribution is 2.17. The van der Waals surface area contributed by atoms with Gasteiger partial charge in [0, 0.05) is 0 Å². The molecule has 0 amide bonds. The van der Waals surface area contributed by atoms with E-state index in [-0.39, 0.29) is 26.1 Å². The van der Waals surface area contributed by atoms with E-state index in [1.165, 1.54) is 30.4 Å². The fourth-order valence-electron chi connectivity index (χ4n) is 2.80. The van der Waals surface area contributed by atoms with Gasteiger partial charge in [-0.15, -0.1) is 0 Å². The highest BCUT2D eigenvalue weighted by molar-refractivity contribution is 7.85. The lowest BCUT2D eigenvalue weighted by Gasteiger charge is -2.05. The van der Waals surface area contributed by atoms with Gasteiger partial charge in [0.25, 0.3) is 0 Å². The highest BCUT2D eigenvalue weighted by atomic mass is 127. The fourth-order valence-corrected chi connectivity index (χ4v) is 5.43. The molecule has 0 aromatic heterocycles. The molecule has 0 radical (unpaired) electrons. The van der Waals surface area contributed by atoms with E-state index in [0.29, 0.717) is 0 Å². The van der Waals surface area contributed by atoms with Gasteiger partial charge in [0.15, 0.2) is 7.14 Å². The number of ether oxygens (including phenoxy) is 1. The van der Waals surface area contributed by atoms with Crippen molar-refractivity contribution in [1.82, 2.24) is 0 Å². The van der Waals surface area contributed by atoms with Crippen LogP contribution >= 0.6 is 0 Å². The lowest BCUT2D eigenvalue weighted by Crippen LogP contribution is -3.61. The van der Waals surface area contributed by atoms with E-state index in [1.807, 2.05) is 25.1 Å². The second kappa shape index (κ2) is 11.3. The quantitative estimate of drug-likeness (QED) is 0.279. The van der Waals surface area contributed by atoms with E-state index in [1.54, 1.807) is 19.2 Å². The molecule has 4 nitrogen and oxygen atoms in total. The Morgan fingerprint density at radius 2 is 1.19 bits per heavy atom. The zero-order chi connectivity index (χ0) is 23.0. The Kier molecular flexibility index (Phi) is 8.44. The van der Waals surface area contributed by atoms with Gasteiger partial charge in [0.05, 0.1) is 12.0 Å². The molecule has 32 heavy (non-hydrogen) atoms. The topological polar surface area (TPSA) is 66.4 Å². The van der Waals surface area contributed by atoms with Gasteiger partial charge in [-0.3, -0.25) is 0 Å². The van der Waals surface area contributed by atoms with Crippen LogP contribution in [0, 0.1) is 14.1 Å². The van der Waals surface area contributed by atoms with Gasteiger partial charge in [-0.2, -0.15) is 0 Å². The molecule has 0 saturated carbocycles. The molecule has 4 aromatic rings. The van der Waals surface area contributed by atoms with Crippen LogP contribution in [0.4, 0.5) is 0 Å². The largest absolute Gasteiger partial charge is 0.744 e. The molecule has 0 saturated heterocycles. The van der Waals surface area contributed by atoms with Crippen LogP contribution in [0.1, 0.15) is 5.56 Å². The zero-order valence-electron chi connectivity index (χ0n) is 17.7. The minimum Gasteiger partial charge on any atom is -0.744 e. The van der Waals surface area contributed by atoms with E-state index < -0.39 is 10.1 Å². The summed E-state index contributed by atoms with van der Waals surface area (Å²) < 4.78 is 39.2. The van der Waals surface area contributed by atoms with Gasteiger partial charge in [0.1, 0.15) is 15.9 Å². The monoisotopic (exact) mass is 558 g/mol. The van der Waals surface area contributed by atoms with E-state index >= 15 is 0 Å². The predicted molar refractivity (Wildman–Crippen MR) is 121 cm³/mol. The second-order valence-electron chi connectivity index (χ2n) is 6.89. The van der Waals surface area contributed by atoms with Crippen LogP contribution in [0.25, 0.3) is 11.1 Å². The smallest absolute Gasteiger partial charge is 0.357 e. The first-order valence-electron chi connectivity index (χ1n) is 9.82. The molecule has 0 spiro atoms. The van der Waals surface area contributed by atoms with Crippen molar-refractivity contribution in [2.75, 3.05) is 7.11 Å². The molecule has 164 valence electrons. The number of aryl methyl sites for hydroxylation is 1. The normalized spacial score (nSPS) is 10.7. The molecule has 4 rings (SSSR count). The minimum atomic E-state index is -4.27. The van der Waals surface area contributed by atoms with Crippen LogP contribution in [0.2, 0.25) is 0 Å². The summed E-state index contributed by atoms with van der Waals surface area (Å²) in [5.74, 6) is 0.919. The number of rotatable bonds is 5. The summed E-state index contributed by atoms with van der Waals surface area (Å²) in [6.45, 7) is 1.82. The zero-order valence-corrected chi connectivity index (χ0v) is 20.7. The Hall–Kier alpha value is -2.68. The Morgan fingerprint density at radius 1 is 0.688 bits per heavy atom. The van der Waals surface area contributed by atoms with Crippen molar-refractivity contribution in [2.45, 2.75) is 11.8 Å². The average Bonchev–Trinajstić information content (AvgIpc) is 2.81. The molecule has 0 heterocycles. The Morgan fingerprint density at radius 3 is 1.69 bits per heavy atom. The Bertz CT molecular complexity index is 1220. The number of hydrogen-bond donors (Lipinski definition) is 0. The third kappa shape index (κ3) is 7.19. The van der Waals surface area contributed by atoms with Gasteiger partial charge >= 0.3 is 21.2 Å². The van der Waals surface area contributed by atoms with Crippen molar-refractivity contribution in [3.63, 3.8) is 0 Å². The second-order valence-corrected chi connectivity index (χ2v) is 11.3. The van der Waals surface area contributed by atoms with Crippen LogP contribution in [0.15, 0.2) is 108 Å². The van der Waals surface area contributed by atoms with Crippen LogP contribution in [-0.4, -0.2) is 20.1 Å².